The maximum atomic E-state index is 9.51. The van der Waals surface area contributed by atoms with Crippen molar-refractivity contribution in [1.82, 2.24) is 0 Å². The summed E-state index contributed by atoms with van der Waals surface area (Å²) < 4.78 is 0.167. The average Bonchev–Trinajstić information content (AvgIpc) is 1.65. The predicted octanol–water partition coefficient (Wildman–Crippen LogP) is -0.897. The van der Waals surface area contributed by atoms with Crippen LogP contribution >= 0.6 is 12.6 Å². The van der Waals surface area contributed by atoms with Crippen LogP contribution in [-0.2, 0) is 9.59 Å². The first kappa shape index (κ1) is 11.8. The summed E-state index contributed by atoms with van der Waals surface area (Å²) in [5.41, 5.74) is 4.58. The standard InChI is InChI=1S/C2H5NOS.C2H3O.Li/c3-2(4)1-5;1-2-3;/h5H,1H2,(H2,3,4);1H3;. The summed E-state index contributed by atoms with van der Waals surface area (Å²) in [5, 5.41) is 0. The van der Waals surface area contributed by atoms with E-state index in [1.54, 1.807) is 0 Å². The van der Waals surface area contributed by atoms with Gasteiger partial charge in [0.2, 0.25) is 5.91 Å². The molecule has 0 aromatic rings. The molecule has 2 N–H and O–H groups in total. The van der Waals surface area contributed by atoms with Gasteiger partial charge in [0.05, 0.1) is 5.75 Å². The van der Waals surface area contributed by atoms with Gasteiger partial charge < -0.3 is 5.73 Å². The molecule has 0 atom stereocenters. The van der Waals surface area contributed by atoms with Gasteiger partial charge in [-0.05, 0) is 0 Å². The minimum atomic E-state index is -0.381. The quantitative estimate of drug-likeness (QED) is 0.367. The summed E-state index contributed by atoms with van der Waals surface area (Å²) in [6.45, 7) is 1.53. The summed E-state index contributed by atoms with van der Waals surface area (Å²) >= 11 is 5.07. The first-order chi connectivity index (χ1) is 4.00. The van der Waals surface area contributed by atoms with Gasteiger partial charge in [0.1, 0.15) is 0 Å². The number of rotatable bonds is 1. The summed E-state index contributed by atoms with van der Waals surface area (Å²) in [6.07, 6.45) is 0. The van der Waals surface area contributed by atoms with Crippen LogP contribution in [0.1, 0.15) is 6.92 Å². The topological polar surface area (TPSA) is 60.2 Å². The van der Waals surface area contributed by atoms with Crippen LogP contribution in [0.3, 0.4) is 0 Å². The van der Waals surface area contributed by atoms with Crippen molar-refractivity contribution >= 4 is 40.7 Å². The molecule has 3 nitrogen and oxygen atoms in total. The molecule has 5 heteroatoms. The molecule has 0 aliphatic rings. The minimum absolute atomic E-state index is 0.139. The summed E-state index contributed by atoms with van der Waals surface area (Å²) in [4.78, 5) is 19.0. The number of carbonyl (C=O) groups is 2. The van der Waals surface area contributed by atoms with Crippen LogP contribution in [0.25, 0.3) is 0 Å². The second kappa shape index (κ2) is 8.09. The second-order valence-electron chi connectivity index (χ2n) is 1.53. The number of primary amides is 1. The van der Waals surface area contributed by atoms with E-state index in [-0.39, 0.29) is 16.1 Å². The van der Waals surface area contributed by atoms with Crippen molar-refractivity contribution in [3.05, 3.63) is 0 Å². The Labute approximate surface area is 69.0 Å². The average molecular weight is 141 g/mol. The van der Waals surface area contributed by atoms with E-state index in [1.165, 1.54) is 24.6 Å². The fourth-order valence-corrected chi connectivity index (χ4v) is 0. The van der Waals surface area contributed by atoms with Crippen LogP contribution in [0, 0.1) is 0 Å². The van der Waals surface area contributed by atoms with E-state index in [1.807, 2.05) is 0 Å². The molecule has 9 heavy (non-hydrogen) atoms. The van der Waals surface area contributed by atoms with E-state index in [9.17, 15) is 9.59 Å². The normalized spacial score (nSPS) is 7.11. The molecule has 0 saturated heterocycles. The van der Waals surface area contributed by atoms with Gasteiger partial charge in [-0.2, -0.15) is 12.6 Å². The number of thiol groups is 1. The van der Waals surface area contributed by atoms with Crippen LogP contribution in [0.5, 0.6) is 0 Å². The van der Waals surface area contributed by atoms with Gasteiger partial charge in [-0.25, -0.2) is 0 Å². The molecule has 0 radical (unpaired) electrons. The van der Waals surface area contributed by atoms with Crippen molar-refractivity contribution in [2.75, 3.05) is 5.75 Å². The third kappa shape index (κ3) is 68.8. The molecule has 0 unspecified atom stereocenters. The van der Waals surface area contributed by atoms with Crippen molar-refractivity contribution in [1.29, 1.82) is 0 Å². The Balaban J connectivity index is 0. The van der Waals surface area contributed by atoms with E-state index < -0.39 is 0 Å². The monoisotopic (exact) mass is 141 g/mol. The Kier molecular flexibility index (Phi) is 10.6. The molecular weight excluding hydrogens is 133 g/mol. The van der Waals surface area contributed by atoms with Gasteiger partial charge in [0.15, 0.2) is 0 Å². The van der Waals surface area contributed by atoms with Gasteiger partial charge >= 0.3 is 33.9 Å². The molecule has 0 aliphatic heterocycles. The predicted molar refractivity (Wildman–Crippen MR) is 39.5 cm³/mol. The molecule has 0 spiro atoms. The Morgan fingerprint density at radius 2 is 1.78 bits per heavy atom. The van der Waals surface area contributed by atoms with Crippen LogP contribution in [0.2, 0.25) is 0 Å². The van der Waals surface area contributed by atoms with E-state index in [2.05, 4.69) is 18.4 Å². The molecule has 0 rings (SSSR count). The van der Waals surface area contributed by atoms with E-state index >= 15 is 0 Å². The fraction of sp³-hybridized carbons (Fsp3) is 0.500. The van der Waals surface area contributed by atoms with E-state index in [0.717, 1.165) is 0 Å². The number of amides is 1. The third-order valence-corrected chi connectivity index (χ3v) is 0.468. The van der Waals surface area contributed by atoms with Crippen LogP contribution < -0.4 is 5.73 Å². The Morgan fingerprint density at radius 3 is 1.78 bits per heavy atom. The van der Waals surface area contributed by atoms with Crippen LogP contribution in [-0.4, -0.2) is 33.8 Å². The summed E-state index contributed by atoms with van der Waals surface area (Å²) in [6, 6.07) is 0. The molecule has 0 aromatic heterocycles. The van der Waals surface area contributed by atoms with Crippen molar-refractivity contribution in [2.45, 2.75) is 6.92 Å². The zero-order valence-corrected chi connectivity index (χ0v) is 6.44. The van der Waals surface area contributed by atoms with Gasteiger partial charge in [-0.3, -0.25) is 4.79 Å². The summed E-state index contributed by atoms with van der Waals surface area (Å²) in [7, 11) is 0. The number of hydrogen-bond acceptors (Lipinski definition) is 3. The molecule has 0 fully saturated rings. The van der Waals surface area contributed by atoms with Crippen LogP contribution in [0.4, 0.5) is 0 Å². The molecule has 48 valence electrons. The number of hydrogen-bond donors (Lipinski definition) is 2. The Morgan fingerprint density at radius 1 is 1.67 bits per heavy atom. The van der Waals surface area contributed by atoms with Crippen LogP contribution in [0.15, 0.2) is 0 Å². The summed E-state index contributed by atoms with van der Waals surface area (Å²) in [5.74, 6) is -0.242. The fourth-order valence-electron chi connectivity index (χ4n) is 0. The zero-order valence-electron chi connectivity index (χ0n) is 5.55. The molecular formula is C4H8LiNO2S. The van der Waals surface area contributed by atoms with Crippen molar-refractivity contribution < 1.29 is 9.59 Å². The van der Waals surface area contributed by atoms with E-state index in [4.69, 9.17) is 0 Å². The SMILES string of the molecule is NC(=O)CS.[Li][C](C)=O. The maximum absolute atomic E-state index is 9.51. The molecule has 0 bridgehead atoms. The van der Waals surface area contributed by atoms with Gasteiger partial charge in [0.25, 0.3) is 0 Å². The number of nitrogens with two attached hydrogens (primary N) is 1. The van der Waals surface area contributed by atoms with Gasteiger partial charge in [-0.15, -0.1) is 0 Å². The zero-order chi connectivity index (χ0) is 7.86. The molecule has 0 aliphatic carbocycles. The van der Waals surface area contributed by atoms with Gasteiger partial charge in [0, 0.05) is 0 Å². The number of carbonyl (C=O) groups excluding carboxylic acids is 2. The second-order valence-corrected chi connectivity index (χ2v) is 1.85. The molecule has 0 aromatic carbocycles. The van der Waals surface area contributed by atoms with Crippen molar-refractivity contribution in [3.63, 3.8) is 0 Å². The Bertz CT molecular complexity index is 103. The first-order valence-electron chi connectivity index (χ1n) is 2.37. The van der Waals surface area contributed by atoms with Gasteiger partial charge in [-0.1, -0.05) is 0 Å². The molecule has 1 amide bonds. The third-order valence-electron chi connectivity index (χ3n) is 0.156. The molecule has 0 saturated carbocycles. The molecule has 0 heterocycles. The van der Waals surface area contributed by atoms with Crippen molar-refractivity contribution in [3.8, 4) is 0 Å². The first-order valence-corrected chi connectivity index (χ1v) is 3.00. The Hall–Kier alpha value is 0.0874. The van der Waals surface area contributed by atoms with E-state index in [0.29, 0.717) is 0 Å². The van der Waals surface area contributed by atoms with Crippen molar-refractivity contribution in [2.24, 2.45) is 5.73 Å².